The van der Waals surface area contributed by atoms with Gasteiger partial charge in [0.25, 0.3) is 0 Å². The second-order valence-corrected chi connectivity index (χ2v) is 11.5. The molecule has 3 aliphatic rings. The third kappa shape index (κ3) is 11.8. The van der Waals surface area contributed by atoms with Crippen LogP contribution in [0.15, 0.2) is 0 Å². The number of carbonyl (C=O) groups is 4. The molecule has 12 nitrogen and oxygen atoms in total. The van der Waals surface area contributed by atoms with Gasteiger partial charge in [0.05, 0.1) is 18.3 Å². The van der Waals surface area contributed by atoms with Gasteiger partial charge in [0.1, 0.15) is 12.2 Å². The van der Waals surface area contributed by atoms with Crippen LogP contribution in [0.2, 0.25) is 0 Å². The minimum atomic E-state index is -5.11. The lowest BCUT2D eigenvalue weighted by Crippen LogP contribution is -2.56. The summed E-state index contributed by atoms with van der Waals surface area (Å²) in [6.45, 7) is 2.62. The summed E-state index contributed by atoms with van der Waals surface area (Å²) in [7, 11) is 0. The van der Waals surface area contributed by atoms with Crippen molar-refractivity contribution in [2.24, 2.45) is 0 Å². The topological polar surface area (TPSA) is 148 Å². The maximum absolute atomic E-state index is 13.0. The molecule has 3 fully saturated rings. The van der Waals surface area contributed by atoms with Gasteiger partial charge in [0.15, 0.2) is 6.10 Å². The van der Waals surface area contributed by atoms with Gasteiger partial charge in [-0.15, -0.1) is 0 Å². The number of esters is 2. The van der Waals surface area contributed by atoms with E-state index < -0.39 is 84.8 Å². The Morgan fingerprint density at radius 1 is 0.587 bits per heavy atom. The number of halogens is 6. The third-order valence-corrected chi connectivity index (χ3v) is 7.72. The molecule has 0 aromatic heterocycles. The number of hydrogen-bond acceptors (Lipinski definition) is 10. The van der Waals surface area contributed by atoms with Gasteiger partial charge in [-0.2, -0.15) is 26.3 Å². The number of rotatable bonds is 4. The molecule has 1 heterocycles. The molecule has 0 radical (unpaired) electrons. The fourth-order valence-electron chi connectivity index (χ4n) is 5.81. The summed E-state index contributed by atoms with van der Waals surface area (Å²) in [4.78, 5) is 47.0. The van der Waals surface area contributed by atoms with E-state index in [4.69, 9.17) is 28.4 Å². The molecule has 1 saturated heterocycles. The summed E-state index contributed by atoms with van der Waals surface area (Å²) < 4.78 is 112. The molecule has 2 amide bonds. The first-order valence-corrected chi connectivity index (χ1v) is 15.1. The lowest BCUT2D eigenvalue weighted by molar-refractivity contribution is -0.187. The van der Waals surface area contributed by atoms with Gasteiger partial charge in [-0.3, -0.25) is 19.2 Å². The van der Waals surface area contributed by atoms with Crippen molar-refractivity contribution in [2.75, 3.05) is 26.4 Å². The van der Waals surface area contributed by atoms with Gasteiger partial charge in [-0.1, -0.05) is 0 Å². The minimum Gasteiger partial charge on any atom is -0.460 e. The minimum absolute atomic E-state index is 0.0390. The molecular weight excluding hydrogens is 638 g/mol. The fourth-order valence-corrected chi connectivity index (χ4v) is 5.81. The lowest BCUT2D eigenvalue weighted by Gasteiger charge is -2.41. The van der Waals surface area contributed by atoms with Crippen LogP contribution in [0.25, 0.3) is 0 Å². The van der Waals surface area contributed by atoms with Crippen LogP contribution in [-0.2, 0) is 47.6 Å². The van der Waals surface area contributed by atoms with Crippen LogP contribution < -0.4 is 10.6 Å². The Labute approximate surface area is 261 Å². The van der Waals surface area contributed by atoms with Crippen LogP contribution in [0, 0.1) is 0 Å². The van der Waals surface area contributed by atoms with Gasteiger partial charge in [-0.25, -0.2) is 0 Å². The Balaban J connectivity index is 1.74. The van der Waals surface area contributed by atoms with Crippen molar-refractivity contribution in [3.05, 3.63) is 0 Å². The summed E-state index contributed by atoms with van der Waals surface area (Å²) in [5.41, 5.74) is 0. The van der Waals surface area contributed by atoms with Crippen LogP contribution in [0.3, 0.4) is 0 Å². The Morgan fingerprint density at radius 2 is 0.978 bits per heavy atom. The van der Waals surface area contributed by atoms with Crippen LogP contribution in [0.1, 0.15) is 65.2 Å². The molecule has 46 heavy (non-hydrogen) atoms. The molecule has 264 valence electrons. The average molecular weight is 679 g/mol. The Kier molecular flexibility index (Phi) is 13.9. The third-order valence-electron chi connectivity index (χ3n) is 7.72. The highest BCUT2D eigenvalue weighted by Gasteiger charge is 2.47. The van der Waals surface area contributed by atoms with Gasteiger partial charge < -0.3 is 39.1 Å². The molecule has 3 rings (SSSR count). The molecule has 2 bridgehead atoms. The van der Waals surface area contributed by atoms with E-state index in [1.54, 1.807) is 0 Å². The SMILES string of the molecule is CC(=O)O[C@@H]1[C@H]2C[C@H](NC(=O)C(F)(F)F)C[C@H]1OCCCCO[C@@H]1C[C@@H](NC(=O)C(F)(F)F)C[C@@H](OC(C)=O)[C@H]1OCCCCO2. The first-order valence-electron chi connectivity index (χ1n) is 15.1. The van der Waals surface area contributed by atoms with Crippen molar-refractivity contribution in [1.82, 2.24) is 10.6 Å². The summed E-state index contributed by atoms with van der Waals surface area (Å²) in [5, 5.41) is 3.90. The van der Waals surface area contributed by atoms with Crippen molar-refractivity contribution in [3.8, 4) is 0 Å². The highest BCUT2D eigenvalue weighted by atomic mass is 19.4. The van der Waals surface area contributed by atoms with Crippen LogP contribution in [-0.4, -0.2) is 111 Å². The van der Waals surface area contributed by atoms with Crippen molar-refractivity contribution < 1.29 is 73.9 Å². The molecule has 2 saturated carbocycles. The van der Waals surface area contributed by atoms with E-state index in [1.807, 2.05) is 10.6 Å². The summed E-state index contributed by atoms with van der Waals surface area (Å²) in [6.07, 6.45) is -14.5. The Bertz CT molecular complexity index is 1050. The number of nitrogens with one attached hydrogen (secondary N) is 2. The summed E-state index contributed by atoms with van der Waals surface area (Å²) in [6, 6.07) is -1.99. The van der Waals surface area contributed by atoms with E-state index in [0.717, 1.165) is 6.92 Å². The average Bonchev–Trinajstić information content (AvgIpc) is 2.93. The molecule has 2 aliphatic carbocycles. The van der Waals surface area contributed by atoms with Crippen LogP contribution >= 0.6 is 0 Å². The van der Waals surface area contributed by atoms with Gasteiger partial charge in [0.2, 0.25) is 0 Å². The number of carbonyl (C=O) groups excluding carboxylic acids is 4. The maximum atomic E-state index is 13.0. The zero-order valence-electron chi connectivity index (χ0n) is 25.5. The molecule has 1 aliphatic heterocycles. The van der Waals surface area contributed by atoms with Crippen LogP contribution in [0.4, 0.5) is 26.3 Å². The molecule has 2 N–H and O–H groups in total. The van der Waals surface area contributed by atoms with E-state index in [0.29, 0.717) is 25.7 Å². The number of ether oxygens (including phenoxy) is 6. The lowest BCUT2D eigenvalue weighted by atomic mass is 9.87. The van der Waals surface area contributed by atoms with Gasteiger partial charge in [0, 0.05) is 58.8 Å². The predicted molar refractivity (Wildman–Crippen MR) is 143 cm³/mol. The number of amides is 2. The molecule has 18 heteroatoms. The largest absolute Gasteiger partial charge is 0.471 e. The standard InChI is InChI=1S/C28H40F6N2O10/c1-15(37)45-22-14-18(36-26(40)28(32,33)34)11-19-23(22)44-10-6-5-9-43-21-13-17(35-25(39)27(29,30)31)12-20(24(21)46-16(2)38)42-8-4-3-7-41-19/h17-24H,3-14H2,1-2H3,(H,35,39)(H,36,40)/t17-,18-,19-,20-,21-,22-,23+,24+/m1/s1. The predicted octanol–water partition coefficient (Wildman–Crippen LogP) is 2.65. The molecule has 0 spiro atoms. The smallest absolute Gasteiger partial charge is 0.460 e. The number of hydrogen-bond donors (Lipinski definition) is 2. The van der Waals surface area contributed by atoms with Crippen molar-refractivity contribution >= 4 is 23.8 Å². The Hall–Kier alpha value is -2.70. The highest BCUT2D eigenvalue weighted by molar-refractivity contribution is 5.82. The molecular formula is C28H40F6N2O10. The highest BCUT2D eigenvalue weighted by Crippen LogP contribution is 2.31. The number of alkyl halides is 6. The van der Waals surface area contributed by atoms with E-state index in [2.05, 4.69) is 0 Å². The zero-order valence-corrected chi connectivity index (χ0v) is 25.5. The quantitative estimate of drug-likeness (QED) is 0.336. The summed E-state index contributed by atoms with van der Waals surface area (Å²) in [5.74, 6) is -5.57. The Morgan fingerprint density at radius 3 is 1.41 bits per heavy atom. The fraction of sp³-hybridized carbons (Fsp3) is 0.857. The van der Waals surface area contributed by atoms with E-state index in [-0.39, 0.29) is 52.1 Å². The maximum Gasteiger partial charge on any atom is 0.471 e. The molecule has 0 aromatic carbocycles. The second-order valence-electron chi connectivity index (χ2n) is 11.5. The molecule has 0 aromatic rings. The molecule has 0 unspecified atom stereocenters. The second kappa shape index (κ2) is 16.9. The number of fused-ring (bicyclic) bond motifs is 3. The van der Waals surface area contributed by atoms with E-state index in [1.165, 1.54) is 6.92 Å². The van der Waals surface area contributed by atoms with E-state index in [9.17, 15) is 45.5 Å². The summed E-state index contributed by atoms with van der Waals surface area (Å²) >= 11 is 0. The molecule has 8 atom stereocenters. The zero-order chi connectivity index (χ0) is 34.1. The van der Waals surface area contributed by atoms with Gasteiger partial charge in [-0.05, 0) is 44.9 Å². The van der Waals surface area contributed by atoms with Gasteiger partial charge >= 0.3 is 36.1 Å². The van der Waals surface area contributed by atoms with Crippen molar-refractivity contribution in [2.45, 2.75) is 126 Å². The van der Waals surface area contributed by atoms with Crippen LogP contribution in [0.5, 0.6) is 0 Å². The first-order chi connectivity index (χ1) is 21.5. The monoisotopic (exact) mass is 678 g/mol. The first kappa shape index (κ1) is 37.8. The van der Waals surface area contributed by atoms with Crippen molar-refractivity contribution in [3.63, 3.8) is 0 Å². The van der Waals surface area contributed by atoms with Crippen molar-refractivity contribution in [1.29, 1.82) is 0 Å². The van der Waals surface area contributed by atoms with E-state index >= 15 is 0 Å². The normalized spacial score (nSPS) is 32.2.